The molecule has 0 saturated carbocycles. The van der Waals surface area contributed by atoms with Crippen LogP contribution in [-0.4, -0.2) is 67.7 Å². The average molecular weight is 595 g/mol. The van der Waals surface area contributed by atoms with E-state index in [1.807, 2.05) is 0 Å². The van der Waals surface area contributed by atoms with Gasteiger partial charge in [-0.3, -0.25) is 29.8 Å². The Morgan fingerprint density at radius 1 is 1.22 bits per heavy atom. The van der Waals surface area contributed by atoms with Crippen molar-refractivity contribution >= 4 is 32.0 Å². The van der Waals surface area contributed by atoms with E-state index in [4.69, 9.17) is 9.92 Å². The van der Waals surface area contributed by atoms with Crippen molar-refractivity contribution in [1.82, 2.24) is 4.72 Å². The normalized spacial score (nSPS) is 17.1. The van der Waals surface area contributed by atoms with E-state index in [1.165, 1.54) is 12.1 Å². The van der Waals surface area contributed by atoms with E-state index in [1.54, 1.807) is 43.7 Å². The molecule has 1 heterocycles. The van der Waals surface area contributed by atoms with Crippen LogP contribution in [0.15, 0.2) is 30.3 Å². The first kappa shape index (κ1) is 37.4. The first-order chi connectivity index (χ1) is 16.2. The molecule has 204 valence electrons. The molecular weight excluding hydrogens is 567 g/mol. The van der Waals surface area contributed by atoms with E-state index in [2.05, 4.69) is 0 Å². The third-order valence-corrected chi connectivity index (χ3v) is 6.13. The van der Waals surface area contributed by atoms with Crippen LogP contribution in [0.2, 0.25) is 0 Å². The van der Waals surface area contributed by atoms with Gasteiger partial charge < -0.3 is 15.0 Å². The maximum atomic E-state index is 11.6. The number of rotatable bonds is 8. The molecule has 0 aromatic heterocycles. The van der Waals surface area contributed by atoms with Crippen molar-refractivity contribution in [2.75, 3.05) is 11.5 Å². The van der Waals surface area contributed by atoms with Crippen LogP contribution < -0.4 is 71.1 Å². The number of amides is 2. The average Bonchev–Trinajstić information content (AvgIpc) is 2.66. The van der Waals surface area contributed by atoms with Gasteiger partial charge in [0.05, 0.1) is 11.5 Å². The molecule has 1 aromatic rings. The molecule has 1 aliphatic rings. The van der Waals surface area contributed by atoms with Crippen LogP contribution in [0, 0.1) is 20.2 Å². The molecule has 1 fully saturated rings. The van der Waals surface area contributed by atoms with Gasteiger partial charge in [0.2, 0.25) is 10.0 Å². The fourth-order valence-corrected chi connectivity index (χ4v) is 4.22. The second-order valence-electron chi connectivity index (χ2n) is 8.14. The number of carbonyl (C=O) groups excluding carboxylic acids is 2. The molecule has 1 saturated heterocycles. The van der Waals surface area contributed by atoms with Crippen LogP contribution in [-0.2, 0) is 29.7 Å². The maximum Gasteiger partial charge on any atom is 1.00 e. The van der Waals surface area contributed by atoms with Crippen molar-refractivity contribution in [1.29, 1.82) is 0 Å². The summed E-state index contributed by atoms with van der Waals surface area (Å²) in [6, 6.07) is 4.52. The summed E-state index contributed by atoms with van der Waals surface area (Å²) in [5.41, 5.74) is 4.05. The zero-order valence-corrected chi connectivity index (χ0v) is 25.3. The standard InChI is InChI=1S/C10H12N2O6S.C4H6N2O5S.C4H9O.K/c11-10(13)9(12(14)15)6-7-19(16,17)18-8-4-2-1-3-5-8;7-4-3(6(8)9)1-2-12(10,11)5-4;1-4(2,3)5;/h1-5,9H,6-7H2,(H2,11,13);3H,1-2H2,(H,5,7);1-3H3;/q;;-1;+1. The number of primary amides is 1. The van der Waals surface area contributed by atoms with Crippen molar-refractivity contribution in [2.45, 2.75) is 51.3 Å². The Labute approximate surface area is 256 Å². The van der Waals surface area contributed by atoms with Gasteiger partial charge in [-0.25, -0.2) is 13.1 Å². The van der Waals surface area contributed by atoms with Gasteiger partial charge in [0.15, 0.2) is 0 Å². The van der Waals surface area contributed by atoms with Crippen LogP contribution in [0.4, 0.5) is 0 Å². The molecule has 1 aliphatic heterocycles. The number of nitro groups is 2. The fourth-order valence-electron chi connectivity index (χ4n) is 2.14. The van der Waals surface area contributed by atoms with Crippen LogP contribution >= 0.6 is 0 Å². The smallest absolute Gasteiger partial charge is 0.850 e. The van der Waals surface area contributed by atoms with Crippen LogP contribution in [0.3, 0.4) is 0 Å². The van der Waals surface area contributed by atoms with E-state index in [9.17, 15) is 51.8 Å². The summed E-state index contributed by atoms with van der Waals surface area (Å²) < 4.78 is 50.7. The zero-order chi connectivity index (χ0) is 28.3. The molecular formula is C18H27KN4O12S2. The number of nitrogens with zero attached hydrogens (tertiary/aromatic N) is 2. The van der Waals surface area contributed by atoms with Gasteiger partial charge in [-0.05, 0) is 12.1 Å². The Balaban J connectivity index is 0. The molecule has 0 bridgehead atoms. The Bertz CT molecular complexity index is 1120. The van der Waals surface area contributed by atoms with E-state index in [-0.39, 0.29) is 69.3 Å². The molecule has 0 aliphatic carbocycles. The van der Waals surface area contributed by atoms with Crippen molar-refractivity contribution in [3.8, 4) is 5.75 Å². The minimum absolute atomic E-state index is 0. The van der Waals surface area contributed by atoms with Gasteiger partial charge in [-0.2, -0.15) is 8.42 Å². The minimum Gasteiger partial charge on any atom is -0.850 e. The monoisotopic (exact) mass is 594 g/mol. The predicted molar refractivity (Wildman–Crippen MR) is 123 cm³/mol. The third kappa shape index (κ3) is 18.2. The first-order valence-electron chi connectivity index (χ1n) is 10.0. The first-order valence-corrected chi connectivity index (χ1v) is 13.3. The Kier molecular flexibility index (Phi) is 16.4. The topological polar surface area (TPSA) is 259 Å². The quantitative estimate of drug-likeness (QED) is 0.125. The molecule has 2 rings (SSSR count). The second kappa shape index (κ2) is 16.3. The number of carbonyl (C=O) groups is 2. The second-order valence-corrected chi connectivity index (χ2v) is 11.7. The molecule has 2 unspecified atom stereocenters. The molecule has 0 spiro atoms. The van der Waals surface area contributed by atoms with Crippen molar-refractivity contribution in [3.63, 3.8) is 0 Å². The number of hydrogen-bond acceptors (Lipinski definition) is 12. The SMILES string of the molecule is CC(C)(C)[O-].NC(=O)C(CCS(=O)(=O)Oc1ccccc1)[N+](=O)[O-].O=C1NS(=O)(=O)CCC1[N+](=O)[O-].[K+]. The molecule has 2 amide bonds. The van der Waals surface area contributed by atoms with Gasteiger partial charge in [0.25, 0.3) is 18.0 Å². The predicted octanol–water partition coefficient (Wildman–Crippen LogP) is -4.45. The van der Waals surface area contributed by atoms with E-state index >= 15 is 0 Å². The van der Waals surface area contributed by atoms with Crippen molar-refractivity contribution in [2.24, 2.45) is 5.73 Å². The third-order valence-electron chi connectivity index (χ3n) is 3.66. The minimum atomic E-state index is -4.01. The summed E-state index contributed by atoms with van der Waals surface area (Å²) in [7, 11) is -7.61. The van der Waals surface area contributed by atoms with Gasteiger partial charge in [0.1, 0.15) is 5.75 Å². The van der Waals surface area contributed by atoms with Gasteiger partial charge in [-0.1, -0.05) is 39.0 Å². The molecule has 0 radical (unpaired) electrons. The Morgan fingerprint density at radius 3 is 2.08 bits per heavy atom. The molecule has 19 heteroatoms. The number of sulfonamides is 1. The summed E-state index contributed by atoms with van der Waals surface area (Å²) in [5.74, 6) is -3.17. The van der Waals surface area contributed by atoms with E-state index in [0.717, 1.165) is 0 Å². The van der Waals surface area contributed by atoms with Crippen molar-refractivity contribution < 1.29 is 96.9 Å². The molecule has 16 nitrogen and oxygen atoms in total. The van der Waals surface area contributed by atoms with Gasteiger partial charge in [-0.15, -0.1) is 5.60 Å². The fraction of sp³-hybridized carbons (Fsp3) is 0.556. The molecule has 2 atom stereocenters. The van der Waals surface area contributed by atoms with Gasteiger partial charge in [0, 0.05) is 22.7 Å². The molecule has 37 heavy (non-hydrogen) atoms. The summed E-state index contributed by atoms with van der Waals surface area (Å²) >= 11 is 0. The molecule has 1 aromatic carbocycles. The van der Waals surface area contributed by atoms with Crippen LogP contribution in [0.25, 0.3) is 0 Å². The summed E-state index contributed by atoms with van der Waals surface area (Å²) in [5, 5.41) is 30.7. The number of nitrogens with one attached hydrogen (secondary N) is 1. The number of benzene rings is 1. The van der Waals surface area contributed by atoms with Crippen molar-refractivity contribution in [3.05, 3.63) is 50.6 Å². The number of para-hydroxylation sites is 1. The van der Waals surface area contributed by atoms with Crippen LogP contribution in [0.5, 0.6) is 5.75 Å². The Hall–Kier alpha value is -1.74. The maximum absolute atomic E-state index is 11.6. The van der Waals surface area contributed by atoms with E-state index in [0.29, 0.717) is 0 Å². The zero-order valence-electron chi connectivity index (χ0n) is 20.6. The van der Waals surface area contributed by atoms with Crippen LogP contribution in [0.1, 0.15) is 33.6 Å². The largest absolute Gasteiger partial charge is 1.00 e. The summed E-state index contributed by atoms with van der Waals surface area (Å²) in [4.78, 5) is 40.4. The van der Waals surface area contributed by atoms with E-state index < -0.39 is 71.7 Å². The van der Waals surface area contributed by atoms with Gasteiger partial charge >= 0.3 is 67.4 Å². The summed E-state index contributed by atoms with van der Waals surface area (Å²) in [6.07, 6.45) is -0.779. The Morgan fingerprint density at radius 2 is 1.70 bits per heavy atom. The summed E-state index contributed by atoms with van der Waals surface area (Å²) in [6.45, 7) is 4.90. The number of hydrogen-bond donors (Lipinski definition) is 2. The molecule has 3 N–H and O–H groups in total. The number of nitrogens with two attached hydrogens (primary N) is 1.